The molecule has 0 saturated carbocycles. The Hall–Kier alpha value is -1.35. The molecule has 6 nitrogen and oxygen atoms in total. The lowest BCUT2D eigenvalue weighted by atomic mass is 10.1. The SMILES string of the molecule is CN=C(NCCN1CCN(C(C)=O)CC1)N(C)Cc1ccc(C)cc1.I. The molecule has 0 spiro atoms. The second-order valence-electron chi connectivity index (χ2n) is 6.66. The van der Waals surface area contributed by atoms with E-state index in [1.807, 2.05) is 11.9 Å². The number of carbonyl (C=O) groups is 1. The Morgan fingerprint density at radius 3 is 2.35 bits per heavy atom. The van der Waals surface area contributed by atoms with Crippen molar-refractivity contribution >= 4 is 35.8 Å². The van der Waals surface area contributed by atoms with E-state index in [9.17, 15) is 4.79 Å². The molecule has 1 aliphatic rings. The molecule has 146 valence electrons. The molecule has 0 aliphatic carbocycles. The molecule has 1 amide bonds. The summed E-state index contributed by atoms with van der Waals surface area (Å²) in [6.07, 6.45) is 0. The predicted octanol–water partition coefficient (Wildman–Crippen LogP) is 1.78. The summed E-state index contributed by atoms with van der Waals surface area (Å²) in [6, 6.07) is 8.60. The molecule has 2 rings (SSSR count). The van der Waals surface area contributed by atoms with Crippen molar-refractivity contribution < 1.29 is 4.79 Å². The second kappa shape index (κ2) is 11.4. The average molecular weight is 473 g/mol. The summed E-state index contributed by atoms with van der Waals surface area (Å²) in [5, 5.41) is 3.44. The summed E-state index contributed by atoms with van der Waals surface area (Å²) >= 11 is 0. The van der Waals surface area contributed by atoms with Gasteiger partial charge in [-0.15, -0.1) is 24.0 Å². The fraction of sp³-hybridized carbons (Fsp3) is 0.579. The third-order valence-corrected chi connectivity index (χ3v) is 4.64. The molecule has 1 saturated heterocycles. The summed E-state index contributed by atoms with van der Waals surface area (Å²) in [7, 11) is 3.88. The Morgan fingerprint density at radius 1 is 1.19 bits per heavy atom. The van der Waals surface area contributed by atoms with E-state index in [2.05, 4.69) is 58.3 Å². The highest BCUT2D eigenvalue weighted by atomic mass is 127. The second-order valence-corrected chi connectivity index (χ2v) is 6.66. The summed E-state index contributed by atoms with van der Waals surface area (Å²) in [6.45, 7) is 9.94. The molecule has 0 aromatic heterocycles. The first-order valence-electron chi connectivity index (χ1n) is 8.95. The maximum absolute atomic E-state index is 11.4. The molecule has 0 bridgehead atoms. The van der Waals surface area contributed by atoms with Gasteiger partial charge in [0.2, 0.25) is 5.91 Å². The van der Waals surface area contributed by atoms with Crippen molar-refractivity contribution in [2.24, 2.45) is 4.99 Å². The van der Waals surface area contributed by atoms with Crippen LogP contribution in [0.5, 0.6) is 0 Å². The van der Waals surface area contributed by atoms with Crippen molar-refractivity contribution in [2.75, 3.05) is 53.4 Å². The van der Waals surface area contributed by atoms with Crippen molar-refractivity contribution in [1.29, 1.82) is 0 Å². The monoisotopic (exact) mass is 473 g/mol. The van der Waals surface area contributed by atoms with E-state index in [1.54, 1.807) is 6.92 Å². The maximum atomic E-state index is 11.4. The van der Waals surface area contributed by atoms with E-state index in [-0.39, 0.29) is 29.9 Å². The number of hydrogen-bond acceptors (Lipinski definition) is 3. The highest BCUT2D eigenvalue weighted by Crippen LogP contribution is 2.06. The van der Waals surface area contributed by atoms with Crippen LogP contribution in [0, 0.1) is 6.92 Å². The van der Waals surface area contributed by atoms with Gasteiger partial charge in [-0.05, 0) is 12.5 Å². The Morgan fingerprint density at radius 2 is 1.81 bits per heavy atom. The first kappa shape index (κ1) is 22.7. The van der Waals surface area contributed by atoms with Crippen LogP contribution < -0.4 is 5.32 Å². The number of benzene rings is 1. The van der Waals surface area contributed by atoms with Gasteiger partial charge in [-0.3, -0.25) is 14.7 Å². The van der Waals surface area contributed by atoms with E-state index in [4.69, 9.17) is 0 Å². The van der Waals surface area contributed by atoms with E-state index in [0.717, 1.165) is 51.8 Å². The number of hydrogen-bond donors (Lipinski definition) is 1. The lowest BCUT2D eigenvalue weighted by molar-refractivity contribution is -0.130. The Kier molecular flexibility index (Phi) is 9.93. The molecule has 7 heteroatoms. The van der Waals surface area contributed by atoms with Crippen LogP contribution >= 0.6 is 24.0 Å². The number of halogens is 1. The number of aliphatic imine (C=N–C) groups is 1. The van der Waals surface area contributed by atoms with Crippen LogP contribution in [0.4, 0.5) is 0 Å². The van der Waals surface area contributed by atoms with Gasteiger partial charge in [-0.25, -0.2) is 0 Å². The van der Waals surface area contributed by atoms with Crippen molar-refractivity contribution in [1.82, 2.24) is 20.0 Å². The van der Waals surface area contributed by atoms with Gasteiger partial charge in [0.1, 0.15) is 0 Å². The molecule has 0 radical (unpaired) electrons. The summed E-state index contributed by atoms with van der Waals surface area (Å²) in [5.74, 6) is 1.08. The van der Waals surface area contributed by atoms with Crippen LogP contribution in [0.15, 0.2) is 29.3 Å². The van der Waals surface area contributed by atoms with Crippen molar-refractivity contribution in [2.45, 2.75) is 20.4 Å². The van der Waals surface area contributed by atoms with Gasteiger partial charge in [0.15, 0.2) is 5.96 Å². The molecule has 1 aromatic rings. The minimum absolute atomic E-state index is 0. The van der Waals surface area contributed by atoms with Crippen LogP contribution in [0.1, 0.15) is 18.1 Å². The predicted molar refractivity (Wildman–Crippen MR) is 118 cm³/mol. The van der Waals surface area contributed by atoms with Crippen molar-refractivity contribution in [3.63, 3.8) is 0 Å². The van der Waals surface area contributed by atoms with Crippen molar-refractivity contribution in [3.05, 3.63) is 35.4 Å². The van der Waals surface area contributed by atoms with E-state index < -0.39 is 0 Å². The molecule has 1 fully saturated rings. The number of amides is 1. The van der Waals surface area contributed by atoms with Crippen LogP contribution in [0.25, 0.3) is 0 Å². The quantitative estimate of drug-likeness (QED) is 0.403. The number of guanidine groups is 1. The molecule has 26 heavy (non-hydrogen) atoms. The number of carbonyl (C=O) groups excluding carboxylic acids is 1. The number of piperazine rings is 1. The van der Waals surface area contributed by atoms with Gasteiger partial charge < -0.3 is 15.1 Å². The van der Waals surface area contributed by atoms with Gasteiger partial charge in [0.25, 0.3) is 0 Å². The lowest BCUT2D eigenvalue weighted by Crippen LogP contribution is -2.50. The molecule has 1 heterocycles. The zero-order chi connectivity index (χ0) is 18.2. The smallest absolute Gasteiger partial charge is 0.219 e. The lowest BCUT2D eigenvalue weighted by Gasteiger charge is -2.34. The largest absolute Gasteiger partial charge is 0.355 e. The van der Waals surface area contributed by atoms with E-state index >= 15 is 0 Å². The maximum Gasteiger partial charge on any atom is 0.219 e. The number of rotatable bonds is 5. The van der Waals surface area contributed by atoms with Gasteiger partial charge >= 0.3 is 0 Å². The topological polar surface area (TPSA) is 51.2 Å². The van der Waals surface area contributed by atoms with Gasteiger partial charge in [-0.2, -0.15) is 0 Å². The summed E-state index contributed by atoms with van der Waals surface area (Å²) in [5.41, 5.74) is 2.55. The minimum Gasteiger partial charge on any atom is -0.355 e. The first-order chi connectivity index (χ1) is 12.0. The molecule has 1 aliphatic heterocycles. The molecule has 0 atom stereocenters. The Balaban J connectivity index is 0.00000338. The van der Waals surface area contributed by atoms with Gasteiger partial charge in [-0.1, -0.05) is 29.8 Å². The number of nitrogens with zero attached hydrogens (tertiary/aromatic N) is 4. The third-order valence-electron chi connectivity index (χ3n) is 4.64. The zero-order valence-corrected chi connectivity index (χ0v) is 18.7. The normalized spacial score (nSPS) is 15.4. The molecular weight excluding hydrogens is 441 g/mol. The average Bonchev–Trinajstić information content (AvgIpc) is 2.61. The molecule has 0 unspecified atom stereocenters. The minimum atomic E-state index is 0. The standard InChI is InChI=1S/C19H31N5O.HI/c1-16-5-7-18(8-6-16)15-22(4)19(20-3)21-9-10-23-11-13-24(14-12-23)17(2)25;/h5-8H,9-15H2,1-4H3,(H,20,21);1H. The number of aryl methyl sites for hydroxylation is 1. The first-order valence-corrected chi connectivity index (χ1v) is 8.95. The van der Waals surface area contributed by atoms with Gasteiger partial charge in [0, 0.05) is 66.8 Å². The molecular formula is C19H32IN5O. The summed E-state index contributed by atoms with van der Waals surface area (Å²) < 4.78 is 0. The third kappa shape index (κ3) is 7.11. The Bertz CT molecular complexity index is 582. The Labute approximate surface area is 174 Å². The van der Waals surface area contributed by atoms with E-state index in [0.29, 0.717) is 0 Å². The fourth-order valence-electron chi connectivity index (χ4n) is 3.04. The van der Waals surface area contributed by atoms with Crippen LogP contribution in [-0.4, -0.2) is 79.9 Å². The molecule has 1 N–H and O–H groups in total. The van der Waals surface area contributed by atoms with Crippen LogP contribution in [-0.2, 0) is 11.3 Å². The van der Waals surface area contributed by atoms with Crippen molar-refractivity contribution in [3.8, 4) is 0 Å². The highest BCUT2D eigenvalue weighted by molar-refractivity contribution is 14.0. The summed E-state index contributed by atoms with van der Waals surface area (Å²) in [4.78, 5) is 22.2. The van der Waals surface area contributed by atoms with Crippen LogP contribution in [0.2, 0.25) is 0 Å². The fourth-order valence-corrected chi connectivity index (χ4v) is 3.04. The van der Waals surface area contributed by atoms with E-state index in [1.165, 1.54) is 11.1 Å². The van der Waals surface area contributed by atoms with Gasteiger partial charge in [0.05, 0.1) is 0 Å². The van der Waals surface area contributed by atoms with Crippen LogP contribution in [0.3, 0.4) is 0 Å². The highest BCUT2D eigenvalue weighted by Gasteiger charge is 2.18. The number of nitrogens with one attached hydrogen (secondary N) is 1. The zero-order valence-electron chi connectivity index (χ0n) is 16.4. The molecule has 1 aromatic carbocycles.